The van der Waals surface area contributed by atoms with E-state index in [1.54, 1.807) is 0 Å². The monoisotopic (exact) mass is 390 g/mol. The van der Waals surface area contributed by atoms with E-state index in [0.29, 0.717) is 0 Å². The first-order valence-corrected chi connectivity index (χ1v) is 5.38. The van der Waals surface area contributed by atoms with Crippen LogP contribution in [0.4, 0.5) is 52.7 Å². The average molecular weight is 390 g/mol. The maximum atomic E-state index is 12.9. The van der Waals surface area contributed by atoms with Gasteiger partial charge in [-0.25, -0.2) is 4.39 Å². The Morgan fingerprint density at radius 3 is 1.71 bits per heavy atom. The van der Waals surface area contributed by atoms with Crippen molar-refractivity contribution in [3.63, 3.8) is 0 Å². The molecule has 1 unspecified atom stereocenters. The van der Waals surface area contributed by atoms with Gasteiger partial charge in [-0.3, -0.25) is 4.74 Å². The van der Waals surface area contributed by atoms with Crippen molar-refractivity contribution in [1.29, 1.82) is 0 Å². The molecule has 0 aromatic heterocycles. The van der Waals surface area contributed by atoms with E-state index in [9.17, 15) is 52.7 Å². The topological polar surface area (TPSA) is 27.7 Å². The minimum atomic E-state index is -7.04. The van der Waals surface area contributed by atoms with E-state index in [4.69, 9.17) is 0 Å². The molecule has 0 spiro atoms. The number of rotatable bonds is 9. The first kappa shape index (κ1) is 22.6. The summed E-state index contributed by atoms with van der Waals surface area (Å²) < 4.78 is 158. The molecule has 0 aliphatic rings. The van der Waals surface area contributed by atoms with Crippen LogP contribution in [0.3, 0.4) is 0 Å². The van der Waals surface area contributed by atoms with Gasteiger partial charge in [-0.2, -0.15) is 48.3 Å². The minimum absolute atomic E-state index is 0.802. The van der Waals surface area contributed by atoms with Crippen molar-refractivity contribution in [3.05, 3.63) is 12.1 Å². The molecule has 0 bridgehead atoms. The highest BCUT2D eigenvalue weighted by Crippen LogP contribution is 2.49. The molecule has 24 heavy (non-hydrogen) atoms. The minimum Gasteiger partial charge on any atom is -0.397 e. The van der Waals surface area contributed by atoms with Crippen molar-refractivity contribution in [1.82, 2.24) is 0 Å². The third-order valence-corrected chi connectivity index (χ3v) is 1.95. The molecule has 0 aromatic carbocycles. The summed E-state index contributed by atoms with van der Waals surface area (Å²) in [7, 11) is 0. The van der Waals surface area contributed by atoms with Crippen LogP contribution in [0.1, 0.15) is 6.92 Å². The molecule has 0 aliphatic heterocycles. The van der Waals surface area contributed by atoms with Crippen LogP contribution in [-0.2, 0) is 14.2 Å². The zero-order valence-electron chi connectivity index (χ0n) is 11.0. The van der Waals surface area contributed by atoms with E-state index >= 15 is 0 Å². The van der Waals surface area contributed by atoms with E-state index in [0.717, 1.165) is 6.92 Å². The number of alkyl halides is 9. The van der Waals surface area contributed by atoms with Crippen LogP contribution in [0, 0.1) is 0 Å². The zero-order chi connectivity index (χ0) is 19.6. The largest absolute Gasteiger partial charge is 0.475 e. The molecule has 3 nitrogen and oxygen atoms in total. The number of hydrogen-bond acceptors (Lipinski definition) is 3. The van der Waals surface area contributed by atoms with Crippen LogP contribution in [0.15, 0.2) is 12.1 Å². The second-order valence-corrected chi connectivity index (χ2v) is 3.67. The fourth-order valence-electron chi connectivity index (χ4n) is 0.915. The standard InChI is InChI=1S/C9H6F12O3/c1-2-22-6(14,15)5(13)24-9(20,21)7(16,17)8(18,19)23-4(12)3(10)11/h5H,2H2,1H3. The quantitative estimate of drug-likeness (QED) is 0.418. The number of ether oxygens (including phenoxy) is 3. The molecule has 0 N–H and O–H groups in total. The molecule has 1 atom stereocenters. The molecule has 0 saturated carbocycles. The lowest BCUT2D eigenvalue weighted by molar-refractivity contribution is -0.478. The van der Waals surface area contributed by atoms with Gasteiger partial charge in [0.1, 0.15) is 0 Å². The van der Waals surface area contributed by atoms with Crippen LogP contribution in [0.5, 0.6) is 0 Å². The molecule has 0 rings (SSSR count). The van der Waals surface area contributed by atoms with Gasteiger partial charge in [-0.15, -0.1) is 0 Å². The Labute approximate surface area is 124 Å². The van der Waals surface area contributed by atoms with E-state index in [-0.39, 0.29) is 0 Å². The molecule has 0 aromatic rings. The van der Waals surface area contributed by atoms with Gasteiger partial charge < -0.3 is 9.47 Å². The van der Waals surface area contributed by atoms with Crippen molar-refractivity contribution in [3.8, 4) is 0 Å². The maximum Gasteiger partial charge on any atom is 0.475 e. The molecule has 0 heterocycles. The van der Waals surface area contributed by atoms with Crippen LogP contribution in [0.25, 0.3) is 0 Å². The number of halogens is 12. The van der Waals surface area contributed by atoms with E-state index < -0.39 is 49.3 Å². The fraction of sp³-hybridized carbons (Fsp3) is 0.778. The molecule has 0 aliphatic carbocycles. The predicted molar refractivity (Wildman–Crippen MR) is 48.8 cm³/mol. The Morgan fingerprint density at radius 1 is 0.875 bits per heavy atom. The summed E-state index contributed by atoms with van der Waals surface area (Å²) in [5.41, 5.74) is 0. The second-order valence-electron chi connectivity index (χ2n) is 3.67. The maximum absolute atomic E-state index is 12.9. The SMILES string of the molecule is CCOC(F)(F)C(F)OC(F)(F)C(F)(F)C(F)(F)OC(F)=C(F)F. The van der Waals surface area contributed by atoms with Crippen LogP contribution in [-0.4, -0.2) is 37.2 Å². The summed E-state index contributed by atoms with van der Waals surface area (Å²) in [4.78, 5) is 0. The molecule has 15 heteroatoms. The van der Waals surface area contributed by atoms with Gasteiger partial charge in [-0.05, 0) is 6.92 Å². The summed E-state index contributed by atoms with van der Waals surface area (Å²) in [6, 6.07) is -3.66. The van der Waals surface area contributed by atoms with E-state index in [2.05, 4.69) is 9.47 Å². The van der Waals surface area contributed by atoms with Crippen molar-refractivity contribution in [2.24, 2.45) is 0 Å². The van der Waals surface area contributed by atoms with Crippen LogP contribution < -0.4 is 0 Å². The third kappa shape index (κ3) is 4.81. The van der Waals surface area contributed by atoms with Crippen molar-refractivity contribution in [2.75, 3.05) is 6.61 Å². The van der Waals surface area contributed by atoms with Gasteiger partial charge in [0.25, 0.3) is 6.36 Å². The lowest BCUT2D eigenvalue weighted by atomic mass is 10.3. The fourth-order valence-corrected chi connectivity index (χ4v) is 0.915. The first-order chi connectivity index (χ1) is 10.5. The van der Waals surface area contributed by atoms with Crippen LogP contribution >= 0.6 is 0 Å². The van der Waals surface area contributed by atoms with Gasteiger partial charge in [0, 0.05) is 0 Å². The van der Waals surface area contributed by atoms with E-state index in [1.807, 2.05) is 4.74 Å². The molecular formula is C9H6F12O3. The zero-order valence-corrected chi connectivity index (χ0v) is 11.0. The molecule has 0 radical (unpaired) electrons. The lowest BCUT2D eigenvalue weighted by Gasteiger charge is -2.32. The Hall–Kier alpha value is -1.38. The molecular weight excluding hydrogens is 384 g/mol. The highest BCUT2D eigenvalue weighted by molar-refractivity contribution is 4.91. The Kier molecular flexibility index (Phi) is 6.83. The Bertz CT molecular complexity index is 459. The summed E-state index contributed by atoms with van der Waals surface area (Å²) >= 11 is 0. The average Bonchev–Trinajstić information content (AvgIpc) is 2.36. The molecule has 144 valence electrons. The summed E-state index contributed by atoms with van der Waals surface area (Å²) in [5, 5.41) is 0. The first-order valence-electron chi connectivity index (χ1n) is 5.38. The van der Waals surface area contributed by atoms with Gasteiger partial charge in [-0.1, -0.05) is 0 Å². The van der Waals surface area contributed by atoms with Crippen LogP contribution in [0.2, 0.25) is 0 Å². The molecule has 0 saturated heterocycles. The highest BCUT2D eigenvalue weighted by Gasteiger charge is 2.77. The third-order valence-electron chi connectivity index (χ3n) is 1.95. The molecule has 0 fully saturated rings. The van der Waals surface area contributed by atoms with E-state index in [1.165, 1.54) is 0 Å². The Morgan fingerprint density at radius 2 is 1.33 bits per heavy atom. The predicted octanol–water partition coefficient (Wildman–Crippen LogP) is 4.80. The highest BCUT2D eigenvalue weighted by atomic mass is 19.4. The normalized spacial score (nSPS) is 15.2. The lowest BCUT2D eigenvalue weighted by Crippen LogP contribution is -2.58. The second kappa shape index (κ2) is 7.25. The van der Waals surface area contributed by atoms with Crippen molar-refractivity contribution >= 4 is 0 Å². The summed E-state index contributed by atoms with van der Waals surface area (Å²) in [5.74, 6) is -7.04. The summed E-state index contributed by atoms with van der Waals surface area (Å²) in [6.45, 7) is -0.222. The summed E-state index contributed by atoms with van der Waals surface area (Å²) in [6.07, 6.45) is -27.1. The molecule has 0 amide bonds. The number of hydrogen-bond donors (Lipinski definition) is 0. The van der Waals surface area contributed by atoms with Gasteiger partial charge in [0.2, 0.25) is 0 Å². The van der Waals surface area contributed by atoms with Gasteiger partial charge in [0.15, 0.2) is 0 Å². The smallest absolute Gasteiger partial charge is 0.397 e. The van der Waals surface area contributed by atoms with Gasteiger partial charge >= 0.3 is 36.3 Å². The van der Waals surface area contributed by atoms with Crippen molar-refractivity contribution < 1.29 is 66.9 Å². The van der Waals surface area contributed by atoms with Gasteiger partial charge in [0.05, 0.1) is 6.61 Å². The Balaban J connectivity index is 5.47. The van der Waals surface area contributed by atoms with Crippen molar-refractivity contribution in [2.45, 2.75) is 37.5 Å².